The SMILES string of the molecule is Cc1ccccc1OCCCCN1C(=O)C(C)CN(C=O)c2ccccc21. The van der Waals surface area contributed by atoms with Crippen LogP contribution in [0.1, 0.15) is 25.3 Å². The largest absolute Gasteiger partial charge is 0.493 e. The van der Waals surface area contributed by atoms with Crippen molar-refractivity contribution < 1.29 is 14.3 Å². The highest BCUT2D eigenvalue weighted by molar-refractivity contribution is 6.02. The van der Waals surface area contributed by atoms with Crippen molar-refractivity contribution in [3.8, 4) is 5.75 Å². The van der Waals surface area contributed by atoms with Gasteiger partial charge in [0, 0.05) is 13.1 Å². The molecule has 27 heavy (non-hydrogen) atoms. The minimum atomic E-state index is -0.231. The number of para-hydroxylation sites is 3. The number of amides is 2. The molecule has 2 amide bonds. The third-order valence-electron chi connectivity index (χ3n) is 4.89. The van der Waals surface area contributed by atoms with Gasteiger partial charge in [-0.25, -0.2) is 0 Å². The molecule has 5 heteroatoms. The monoisotopic (exact) mass is 366 g/mol. The number of unbranched alkanes of at least 4 members (excludes halogenated alkanes) is 1. The Morgan fingerprint density at radius 1 is 1.07 bits per heavy atom. The third-order valence-corrected chi connectivity index (χ3v) is 4.89. The summed E-state index contributed by atoms with van der Waals surface area (Å²) in [5.41, 5.74) is 2.72. The Hall–Kier alpha value is -2.82. The highest BCUT2D eigenvalue weighted by Crippen LogP contribution is 2.33. The van der Waals surface area contributed by atoms with Crippen molar-refractivity contribution in [2.75, 3.05) is 29.5 Å². The molecule has 0 bridgehead atoms. The number of fused-ring (bicyclic) bond motifs is 1. The van der Waals surface area contributed by atoms with Crippen molar-refractivity contribution in [3.05, 3.63) is 54.1 Å². The van der Waals surface area contributed by atoms with E-state index in [0.29, 0.717) is 19.7 Å². The normalized spacial score (nSPS) is 16.7. The number of hydrogen-bond acceptors (Lipinski definition) is 3. The lowest BCUT2D eigenvalue weighted by Gasteiger charge is -2.24. The van der Waals surface area contributed by atoms with Gasteiger partial charge in [-0.1, -0.05) is 37.3 Å². The Balaban J connectivity index is 1.63. The van der Waals surface area contributed by atoms with Gasteiger partial charge in [-0.05, 0) is 43.5 Å². The summed E-state index contributed by atoms with van der Waals surface area (Å²) in [5.74, 6) is 0.737. The van der Waals surface area contributed by atoms with Crippen LogP contribution in [0.3, 0.4) is 0 Å². The summed E-state index contributed by atoms with van der Waals surface area (Å²) in [6.45, 7) is 5.54. The second kappa shape index (κ2) is 8.71. The van der Waals surface area contributed by atoms with E-state index in [4.69, 9.17) is 4.74 Å². The fourth-order valence-corrected chi connectivity index (χ4v) is 3.39. The van der Waals surface area contributed by atoms with Crippen LogP contribution in [-0.4, -0.2) is 32.0 Å². The summed E-state index contributed by atoms with van der Waals surface area (Å²) < 4.78 is 5.84. The first kappa shape index (κ1) is 19.0. The third kappa shape index (κ3) is 4.30. The van der Waals surface area contributed by atoms with E-state index in [1.807, 2.05) is 67.3 Å². The Bertz CT molecular complexity index is 806. The van der Waals surface area contributed by atoms with Crippen molar-refractivity contribution in [3.63, 3.8) is 0 Å². The number of nitrogens with zero attached hydrogens (tertiary/aromatic N) is 2. The second-order valence-corrected chi connectivity index (χ2v) is 6.96. The number of anilines is 2. The van der Waals surface area contributed by atoms with Gasteiger partial charge in [0.2, 0.25) is 12.3 Å². The van der Waals surface area contributed by atoms with E-state index < -0.39 is 0 Å². The molecule has 142 valence electrons. The molecule has 0 radical (unpaired) electrons. The summed E-state index contributed by atoms with van der Waals surface area (Å²) in [5, 5.41) is 0. The molecule has 3 rings (SSSR count). The molecule has 0 aliphatic carbocycles. The zero-order chi connectivity index (χ0) is 19.2. The van der Waals surface area contributed by atoms with Crippen LogP contribution in [0.5, 0.6) is 5.75 Å². The van der Waals surface area contributed by atoms with E-state index in [1.54, 1.807) is 4.90 Å². The van der Waals surface area contributed by atoms with Gasteiger partial charge < -0.3 is 14.5 Å². The zero-order valence-electron chi connectivity index (χ0n) is 15.9. The maximum absolute atomic E-state index is 12.9. The summed E-state index contributed by atoms with van der Waals surface area (Å²) in [6, 6.07) is 15.6. The summed E-state index contributed by atoms with van der Waals surface area (Å²) in [7, 11) is 0. The van der Waals surface area contributed by atoms with Gasteiger partial charge in [0.1, 0.15) is 5.75 Å². The van der Waals surface area contributed by atoms with Crippen LogP contribution in [0.25, 0.3) is 0 Å². The Labute approximate surface area is 160 Å². The fourth-order valence-electron chi connectivity index (χ4n) is 3.39. The van der Waals surface area contributed by atoms with E-state index in [1.165, 1.54) is 0 Å². The van der Waals surface area contributed by atoms with Crippen LogP contribution in [-0.2, 0) is 9.59 Å². The van der Waals surface area contributed by atoms with Crippen LogP contribution in [0.15, 0.2) is 48.5 Å². The molecule has 0 spiro atoms. The first-order chi connectivity index (χ1) is 13.1. The molecule has 0 aromatic heterocycles. The number of aryl methyl sites for hydroxylation is 1. The van der Waals surface area contributed by atoms with E-state index in [-0.39, 0.29) is 11.8 Å². The van der Waals surface area contributed by atoms with E-state index >= 15 is 0 Å². The maximum Gasteiger partial charge on any atom is 0.231 e. The molecular weight excluding hydrogens is 340 g/mol. The topological polar surface area (TPSA) is 49.9 Å². The van der Waals surface area contributed by atoms with Crippen LogP contribution in [0.4, 0.5) is 11.4 Å². The minimum absolute atomic E-state index is 0.0617. The predicted octanol–water partition coefficient (Wildman–Crippen LogP) is 3.80. The quantitative estimate of drug-likeness (QED) is 0.553. The lowest BCUT2D eigenvalue weighted by Crippen LogP contribution is -2.37. The van der Waals surface area contributed by atoms with Crippen LogP contribution < -0.4 is 14.5 Å². The van der Waals surface area contributed by atoms with Gasteiger partial charge in [0.05, 0.1) is 23.9 Å². The number of benzene rings is 2. The van der Waals surface area contributed by atoms with E-state index in [0.717, 1.165) is 41.9 Å². The molecule has 5 nitrogen and oxygen atoms in total. The molecule has 0 saturated heterocycles. The number of ether oxygens (including phenoxy) is 1. The van der Waals surface area contributed by atoms with Crippen LogP contribution in [0.2, 0.25) is 0 Å². The molecule has 0 N–H and O–H groups in total. The first-order valence-electron chi connectivity index (χ1n) is 9.42. The summed E-state index contributed by atoms with van der Waals surface area (Å²) in [4.78, 5) is 27.8. The predicted molar refractivity (Wildman–Crippen MR) is 107 cm³/mol. The average molecular weight is 366 g/mol. The second-order valence-electron chi connectivity index (χ2n) is 6.96. The average Bonchev–Trinajstić information content (AvgIpc) is 2.79. The van der Waals surface area contributed by atoms with Gasteiger partial charge in [-0.15, -0.1) is 0 Å². The Morgan fingerprint density at radius 3 is 2.52 bits per heavy atom. The molecule has 1 unspecified atom stereocenters. The molecular formula is C22H26N2O3. The fraction of sp³-hybridized carbons (Fsp3) is 0.364. The van der Waals surface area contributed by atoms with Gasteiger partial charge >= 0.3 is 0 Å². The molecule has 1 aliphatic rings. The molecule has 2 aromatic rings. The van der Waals surface area contributed by atoms with E-state index in [2.05, 4.69) is 0 Å². The van der Waals surface area contributed by atoms with E-state index in [9.17, 15) is 9.59 Å². The molecule has 0 fully saturated rings. The first-order valence-corrected chi connectivity index (χ1v) is 9.42. The lowest BCUT2D eigenvalue weighted by molar-refractivity contribution is -0.121. The Morgan fingerprint density at radius 2 is 1.78 bits per heavy atom. The smallest absolute Gasteiger partial charge is 0.231 e. The molecule has 1 atom stereocenters. The van der Waals surface area contributed by atoms with Crippen LogP contribution in [0, 0.1) is 12.8 Å². The van der Waals surface area contributed by atoms with Crippen molar-refractivity contribution in [1.29, 1.82) is 0 Å². The lowest BCUT2D eigenvalue weighted by atomic mass is 10.1. The molecule has 1 heterocycles. The van der Waals surface area contributed by atoms with Crippen LogP contribution >= 0.6 is 0 Å². The standard InChI is InChI=1S/C22H26N2O3/c1-17-9-3-6-12-21(17)27-14-8-7-13-24-20-11-5-4-10-19(20)23(16-25)15-18(2)22(24)26/h3-6,9-12,16,18H,7-8,13-15H2,1-2H3. The molecule has 1 aliphatic heterocycles. The minimum Gasteiger partial charge on any atom is -0.493 e. The van der Waals surface area contributed by atoms with Crippen molar-refractivity contribution >= 4 is 23.7 Å². The number of hydrogen-bond donors (Lipinski definition) is 0. The Kier molecular flexibility index (Phi) is 6.12. The van der Waals surface area contributed by atoms with Crippen molar-refractivity contribution in [2.45, 2.75) is 26.7 Å². The maximum atomic E-state index is 12.9. The highest BCUT2D eigenvalue weighted by atomic mass is 16.5. The van der Waals surface area contributed by atoms with Crippen molar-refractivity contribution in [1.82, 2.24) is 0 Å². The summed E-state index contributed by atoms with van der Waals surface area (Å²) >= 11 is 0. The van der Waals surface area contributed by atoms with Gasteiger partial charge in [0.15, 0.2) is 0 Å². The highest BCUT2D eigenvalue weighted by Gasteiger charge is 2.30. The molecule has 0 saturated carbocycles. The summed E-state index contributed by atoms with van der Waals surface area (Å²) in [6.07, 6.45) is 2.49. The van der Waals surface area contributed by atoms with Crippen molar-refractivity contribution in [2.24, 2.45) is 5.92 Å². The molecule has 2 aromatic carbocycles. The van der Waals surface area contributed by atoms with Gasteiger partial charge in [0.25, 0.3) is 0 Å². The zero-order valence-corrected chi connectivity index (χ0v) is 15.9. The number of carbonyl (C=O) groups excluding carboxylic acids is 2. The van der Waals surface area contributed by atoms with Gasteiger partial charge in [-0.2, -0.15) is 0 Å². The number of rotatable bonds is 7. The number of carbonyl (C=O) groups is 2. The van der Waals surface area contributed by atoms with Gasteiger partial charge in [-0.3, -0.25) is 9.59 Å².